The molecule has 1 saturated carbocycles. The highest BCUT2D eigenvalue weighted by Crippen LogP contribution is 2.47. The van der Waals surface area contributed by atoms with Crippen molar-refractivity contribution in [2.75, 3.05) is 7.11 Å². The number of aryl methyl sites for hydroxylation is 1. The third-order valence-electron chi connectivity index (χ3n) is 4.09. The number of ether oxygens (including phenoxy) is 1. The molecule has 1 aliphatic carbocycles. The van der Waals surface area contributed by atoms with Crippen molar-refractivity contribution in [2.45, 2.75) is 38.0 Å². The van der Waals surface area contributed by atoms with E-state index in [2.05, 4.69) is 5.10 Å². The van der Waals surface area contributed by atoms with Gasteiger partial charge in [-0.15, -0.1) is 0 Å². The van der Waals surface area contributed by atoms with Crippen molar-refractivity contribution >= 4 is 0 Å². The van der Waals surface area contributed by atoms with E-state index in [1.54, 1.807) is 7.05 Å². The summed E-state index contributed by atoms with van der Waals surface area (Å²) in [6.07, 6.45) is -2.40. The summed E-state index contributed by atoms with van der Waals surface area (Å²) in [6.45, 7) is 0. The van der Waals surface area contributed by atoms with Gasteiger partial charge in [-0.3, -0.25) is 4.68 Å². The molecule has 0 aliphatic heterocycles. The maximum atomic E-state index is 13.1. The van der Waals surface area contributed by atoms with Crippen LogP contribution in [0.4, 0.5) is 13.2 Å². The van der Waals surface area contributed by atoms with E-state index in [0.717, 1.165) is 0 Å². The third-order valence-corrected chi connectivity index (χ3v) is 4.09. The van der Waals surface area contributed by atoms with Gasteiger partial charge in [0.25, 0.3) is 0 Å². The summed E-state index contributed by atoms with van der Waals surface area (Å²) in [5.41, 5.74) is 0.314. The Morgan fingerprint density at radius 3 is 2.65 bits per heavy atom. The van der Waals surface area contributed by atoms with E-state index >= 15 is 0 Å². The molecule has 3 atom stereocenters. The van der Waals surface area contributed by atoms with Crippen LogP contribution in [0.25, 0.3) is 0 Å². The fourth-order valence-electron chi connectivity index (χ4n) is 3.07. The smallest absolute Gasteiger partial charge is 0.392 e. The molecule has 0 bridgehead atoms. The molecule has 2 rings (SSSR count). The van der Waals surface area contributed by atoms with E-state index in [1.165, 1.54) is 18.0 Å². The van der Waals surface area contributed by atoms with Gasteiger partial charge in [-0.25, -0.2) is 0 Å². The number of alkyl halides is 3. The lowest BCUT2D eigenvalue weighted by molar-refractivity contribution is -0.207. The Hall–Kier alpha value is -1.24. The van der Waals surface area contributed by atoms with Crippen LogP contribution in [0.15, 0.2) is 6.20 Å². The van der Waals surface area contributed by atoms with Crippen molar-refractivity contribution in [2.24, 2.45) is 18.9 Å². The van der Waals surface area contributed by atoms with Crippen molar-refractivity contribution in [3.8, 4) is 5.75 Å². The van der Waals surface area contributed by atoms with Crippen molar-refractivity contribution in [1.82, 2.24) is 9.78 Å². The first-order chi connectivity index (χ1) is 9.36. The minimum Gasteiger partial charge on any atom is -0.493 e. The van der Waals surface area contributed by atoms with E-state index in [9.17, 15) is 18.3 Å². The number of hydrogen-bond donors (Lipinski definition) is 1. The lowest BCUT2D eigenvalue weighted by Crippen LogP contribution is -2.36. The number of nitrogens with zero attached hydrogens (tertiary/aromatic N) is 2. The van der Waals surface area contributed by atoms with Crippen molar-refractivity contribution < 1.29 is 23.0 Å². The minimum absolute atomic E-state index is 0.0748. The van der Waals surface area contributed by atoms with Gasteiger partial charge in [0.1, 0.15) is 11.8 Å². The Kier molecular flexibility index (Phi) is 4.27. The van der Waals surface area contributed by atoms with Gasteiger partial charge in [-0.1, -0.05) is 12.8 Å². The number of halogens is 3. The number of aliphatic hydroxyl groups excluding tert-OH is 1. The largest absolute Gasteiger partial charge is 0.493 e. The van der Waals surface area contributed by atoms with Crippen LogP contribution in [0, 0.1) is 11.8 Å². The van der Waals surface area contributed by atoms with Gasteiger partial charge < -0.3 is 9.84 Å². The van der Waals surface area contributed by atoms with Crippen LogP contribution in [0.1, 0.15) is 37.5 Å². The molecule has 1 N–H and O–H groups in total. The van der Waals surface area contributed by atoms with Gasteiger partial charge in [-0.05, 0) is 12.8 Å². The zero-order valence-corrected chi connectivity index (χ0v) is 11.5. The molecular weight excluding hydrogens is 273 g/mol. The predicted molar refractivity (Wildman–Crippen MR) is 66.2 cm³/mol. The summed E-state index contributed by atoms with van der Waals surface area (Å²) >= 11 is 0. The Labute approximate surface area is 115 Å². The average molecular weight is 292 g/mol. The SMILES string of the molecule is COc1cnn(C)c1C(O)C1CCCCC1C(F)(F)F. The Morgan fingerprint density at radius 2 is 2.05 bits per heavy atom. The lowest BCUT2D eigenvalue weighted by atomic mass is 9.75. The second-order valence-electron chi connectivity index (χ2n) is 5.26. The standard InChI is InChI=1S/C13H19F3N2O2/c1-18-11(10(20-2)7-17-18)12(19)8-5-3-4-6-9(8)13(14,15)16/h7-9,12,19H,3-6H2,1-2H3. The summed E-state index contributed by atoms with van der Waals surface area (Å²) < 4.78 is 45.8. The number of aromatic nitrogens is 2. The quantitative estimate of drug-likeness (QED) is 0.932. The van der Waals surface area contributed by atoms with Crippen LogP contribution >= 0.6 is 0 Å². The lowest BCUT2D eigenvalue weighted by Gasteiger charge is -2.36. The van der Waals surface area contributed by atoms with Gasteiger partial charge in [0, 0.05) is 13.0 Å². The molecule has 1 fully saturated rings. The van der Waals surface area contributed by atoms with Crippen LogP contribution in [0.2, 0.25) is 0 Å². The van der Waals surface area contributed by atoms with Crippen LogP contribution in [-0.2, 0) is 7.05 Å². The van der Waals surface area contributed by atoms with Crippen LogP contribution in [-0.4, -0.2) is 28.2 Å². The molecule has 0 radical (unpaired) electrons. The number of hydrogen-bond acceptors (Lipinski definition) is 3. The molecule has 1 aromatic rings. The normalized spacial score (nSPS) is 25.5. The van der Waals surface area contributed by atoms with E-state index < -0.39 is 24.1 Å². The maximum absolute atomic E-state index is 13.1. The van der Waals surface area contributed by atoms with E-state index in [-0.39, 0.29) is 6.42 Å². The fourth-order valence-corrected chi connectivity index (χ4v) is 3.07. The molecule has 1 heterocycles. The molecule has 4 nitrogen and oxygen atoms in total. The zero-order chi connectivity index (χ0) is 14.9. The van der Waals surface area contributed by atoms with Gasteiger partial charge in [0.05, 0.1) is 19.2 Å². The summed E-state index contributed by atoms with van der Waals surface area (Å²) in [5, 5.41) is 14.4. The molecule has 1 aliphatic rings. The second kappa shape index (κ2) is 5.63. The maximum Gasteiger partial charge on any atom is 0.392 e. The summed E-state index contributed by atoms with van der Waals surface area (Å²) in [5.74, 6) is -1.98. The second-order valence-corrected chi connectivity index (χ2v) is 5.26. The number of methoxy groups -OCH3 is 1. The molecule has 1 aromatic heterocycles. The molecule has 3 unspecified atom stereocenters. The molecule has 114 valence electrons. The van der Waals surface area contributed by atoms with Crippen molar-refractivity contribution in [3.05, 3.63) is 11.9 Å². The van der Waals surface area contributed by atoms with Crippen LogP contribution < -0.4 is 4.74 Å². The predicted octanol–water partition coefficient (Wildman–Crippen LogP) is 2.83. The first kappa shape index (κ1) is 15.2. The van der Waals surface area contributed by atoms with Crippen LogP contribution in [0.3, 0.4) is 0 Å². The molecule has 0 spiro atoms. The highest BCUT2D eigenvalue weighted by molar-refractivity contribution is 5.27. The van der Waals surface area contributed by atoms with Crippen LogP contribution in [0.5, 0.6) is 5.75 Å². The van der Waals surface area contributed by atoms with Crippen molar-refractivity contribution in [3.63, 3.8) is 0 Å². The molecule has 0 saturated heterocycles. The van der Waals surface area contributed by atoms with Crippen molar-refractivity contribution in [1.29, 1.82) is 0 Å². The topological polar surface area (TPSA) is 47.3 Å². The van der Waals surface area contributed by atoms with E-state index in [4.69, 9.17) is 4.74 Å². The van der Waals surface area contributed by atoms with E-state index in [1.807, 2.05) is 0 Å². The highest BCUT2D eigenvalue weighted by atomic mass is 19.4. The van der Waals surface area contributed by atoms with Gasteiger partial charge >= 0.3 is 6.18 Å². The summed E-state index contributed by atoms with van der Waals surface area (Å²) in [4.78, 5) is 0. The fraction of sp³-hybridized carbons (Fsp3) is 0.769. The highest BCUT2D eigenvalue weighted by Gasteiger charge is 2.48. The van der Waals surface area contributed by atoms with Gasteiger partial charge in [0.2, 0.25) is 0 Å². The van der Waals surface area contributed by atoms with Gasteiger partial charge in [-0.2, -0.15) is 18.3 Å². The summed E-state index contributed by atoms with van der Waals surface area (Å²) in [6, 6.07) is 0. The Balaban J connectivity index is 2.30. The number of aliphatic hydroxyl groups is 1. The average Bonchev–Trinajstić information content (AvgIpc) is 2.78. The monoisotopic (exact) mass is 292 g/mol. The van der Waals surface area contributed by atoms with E-state index in [0.29, 0.717) is 30.7 Å². The molecule has 20 heavy (non-hydrogen) atoms. The Morgan fingerprint density at radius 1 is 1.40 bits per heavy atom. The molecule has 7 heteroatoms. The number of rotatable bonds is 3. The molecule has 0 amide bonds. The zero-order valence-electron chi connectivity index (χ0n) is 11.5. The summed E-state index contributed by atoms with van der Waals surface area (Å²) in [7, 11) is 3.00. The molecular formula is C13H19F3N2O2. The minimum atomic E-state index is -4.28. The first-order valence-electron chi connectivity index (χ1n) is 6.67. The molecule has 0 aromatic carbocycles. The Bertz CT molecular complexity index is 459. The third kappa shape index (κ3) is 2.77. The van der Waals surface area contributed by atoms with Gasteiger partial charge in [0.15, 0.2) is 5.75 Å². The first-order valence-corrected chi connectivity index (χ1v) is 6.67.